The highest BCUT2D eigenvalue weighted by atomic mass is 32.2. The van der Waals surface area contributed by atoms with Gasteiger partial charge in [0.1, 0.15) is 0 Å². The number of nitrogens with one attached hydrogen (secondary N) is 1. The number of fused-ring (bicyclic) bond motifs is 1. The molecule has 1 aliphatic heterocycles. The van der Waals surface area contributed by atoms with Crippen LogP contribution in [0.15, 0.2) is 46.7 Å². The van der Waals surface area contributed by atoms with E-state index in [1.165, 1.54) is 4.88 Å². The standard InChI is InChI=1S/C21H21N3O2S3/c1-14-23-16(12-27-14)18-7-6-15(29-18)8-10-22-20(25)9-11-24-17-4-2-3-5-19(17)28-13-21(24)26/h2-7,12H,8-11,13H2,1H3,(H,22,25). The van der Waals surface area contributed by atoms with Gasteiger partial charge in [-0.25, -0.2) is 4.98 Å². The van der Waals surface area contributed by atoms with Crippen molar-refractivity contribution in [3.05, 3.63) is 51.7 Å². The minimum atomic E-state index is -0.0274. The van der Waals surface area contributed by atoms with Gasteiger partial charge in [-0.05, 0) is 37.6 Å². The monoisotopic (exact) mass is 443 g/mol. The molecule has 0 atom stereocenters. The van der Waals surface area contributed by atoms with E-state index < -0.39 is 0 Å². The Balaban J connectivity index is 1.25. The van der Waals surface area contributed by atoms with Gasteiger partial charge in [0.25, 0.3) is 0 Å². The molecule has 29 heavy (non-hydrogen) atoms. The van der Waals surface area contributed by atoms with Crippen molar-refractivity contribution in [2.75, 3.05) is 23.7 Å². The summed E-state index contributed by atoms with van der Waals surface area (Å²) in [6.07, 6.45) is 1.10. The first-order chi connectivity index (χ1) is 14.1. The number of thiophene rings is 1. The fourth-order valence-corrected chi connectivity index (χ4v) is 5.74. The van der Waals surface area contributed by atoms with Gasteiger partial charge in [0.15, 0.2) is 0 Å². The van der Waals surface area contributed by atoms with Crippen molar-refractivity contribution in [1.82, 2.24) is 10.3 Å². The molecule has 0 saturated heterocycles. The van der Waals surface area contributed by atoms with E-state index in [9.17, 15) is 9.59 Å². The summed E-state index contributed by atoms with van der Waals surface area (Å²) in [6, 6.07) is 12.0. The summed E-state index contributed by atoms with van der Waals surface area (Å²) in [5, 5.41) is 6.11. The SMILES string of the molecule is Cc1nc(-c2ccc(CCNC(=O)CCN3C(=O)CSc4ccccc43)s2)cs1. The lowest BCUT2D eigenvalue weighted by atomic mass is 10.2. The molecule has 1 N–H and O–H groups in total. The zero-order valence-electron chi connectivity index (χ0n) is 16.0. The average Bonchev–Trinajstić information content (AvgIpc) is 3.36. The second-order valence-electron chi connectivity index (χ2n) is 6.67. The number of anilines is 1. The Kier molecular flexibility index (Phi) is 6.32. The van der Waals surface area contributed by atoms with Crippen LogP contribution in [-0.4, -0.2) is 35.6 Å². The Morgan fingerprint density at radius 2 is 2.10 bits per heavy atom. The number of thiazole rings is 1. The molecular weight excluding hydrogens is 422 g/mol. The second kappa shape index (κ2) is 9.11. The molecule has 0 aliphatic carbocycles. The summed E-state index contributed by atoms with van der Waals surface area (Å²) in [6.45, 7) is 3.01. The van der Waals surface area contributed by atoms with E-state index >= 15 is 0 Å². The average molecular weight is 444 g/mol. The van der Waals surface area contributed by atoms with E-state index in [2.05, 4.69) is 27.8 Å². The van der Waals surface area contributed by atoms with Crippen LogP contribution in [0.4, 0.5) is 5.69 Å². The first-order valence-electron chi connectivity index (χ1n) is 9.40. The van der Waals surface area contributed by atoms with Crippen LogP contribution in [0.3, 0.4) is 0 Å². The van der Waals surface area contributed by atoms with Crippen LogP contribution in [-0.2, 0) is 16.0 Å². The van der Waals surface area contributed by atoms with Crippen molar-refractivity contribution in [1.29, 1.82) is 0 Å². The van der Waals surface area contributed by atoms with Crippen molar-refractivity contribution in [2.45, 2.75) is 24.7 Å². The highest BCUT2D eigenvalue weighted by Crippen LogP contribution is 2.35. The second-order valence-corrected chi connectivity index (χ2v) is 9.92. The largest absolute Gasteiger partial charge is 0.356 e. The van der Waals surface area contributed by atoms with Gasteiger partial charge in [-0.3, -0.25) is 9.59 Å². The van der Waals surface area contributed by atoms with Crippen molar-refractivity contribution in [2.24, 2.45) is 0 Å². The lowest BCUT2D eigenvalue weighted by Gasteiger charge is -2.28. The molecule has 5 nitrogen and oxygen atoms in total. The summed E-state index contributed by atoms with van der Waals surface area (Å²) >= 11 is 4.92. The van der Waals surface area contributed by atoms with Gasteiger partial charge in [0, 0.05) is 34.7 Å². The van der Waals surface area contributed by atoms with Gasteiger partial charge in [-0.15, -0.1) is 34.4 Å². The van der Waals surface area contributed by atoms with Gasteiger partial charge in [-0.1, -0.05) is 12.1 Å². The van der Waals surface area contributed by atoms with Crippen molar-refractivity contribution in [3.8, 4) is 10.6 Å². The third-order valence-electron chi connectivity index (χ3n) is 4.60. The van der Waals surface area contributed by atoms with E-state index in [1.807, 2.05) is 31.2 Å². The van der Waals surface area contributed by atoms with E-state index in [4.69, 9.17) is 0 Å². The zero-order valence-corrected chi connectivity index (χ0v) is 18.5. The van der Waals surface area contributed by atoms with Gasteiger partial charge in [0.05, 0.1) is 27.0 Å². The fraction of sp³-hybridized carbons (Fsp3) is 0.286. The molecule has 0 fully saturated rings. The Morgan fingerprint density at radius 1 is 1.24 bits per heavy atom. The van der Waals surface area contributed by atoms with Gasteiger partial charge < -0.3 is 10.2 Å². The quantitative estimate of drug-likeness (QED) is 0.589. The predicted molar refractivity (Wildman–Crippen MR) is 121 cm³/mol. The van der Waals surface area contributed by atoms with Gasteiger partial charge in [-0.2, -0.15) is 0 Å². The number of aromatic nitrogens is 1. The number of nitrogens with zero attached hydrogens (tertiary/aromatic N) is 2. The maximum Gasteiger partial charge on any atom is 0.237 e. The van der Waals surface area contributed by atoms with Crippen LogP contribution in [0.25, 0.3) is 10.6 Å². The number of amides is 2. The predicted octanol–water partition coefficient (Wildman–Crippen LogP) is 4.37. The Bertz CT molecular complexity index is 1030. The fourth-order valence-electron chi connectivity index (χ4n) is 3.15. The summed E-state index contributed by atoms with van der Waals surface area (Å²) in [5.41, 5.74) is 1.93. The maximum absolute atomic E-state index is 12.3. The number of hydrogen-bond donors (Lipinski definition) is 1. The van der Waals surface area contributed by atoms with Crippen LogP contribution < -0.4 is 10.2 Å². The zero-order chi connectivity index (χ0) is 20.2. The summed E-state index contributed by atoms with van der Waals surface area (Å²) in [4.78, 5) is 34.3. The number of para-hydroxylation sites is 1. The van der Waals surface area contributed by atoms with Crippen LogP contribution in [0.5, 0.6) is 0 Å². The lowest BCUT2D eigenvalue weighted by molar-refractivity contribution is -0.121. The number of hydrogen-bond acceptors (Lipinski definition) is 6. The lowest BCUT2D eigenvalue weighted by Crippen LogP contribution is -2.38. The molecule has 0 unspecified atom stereocenters. The Morgan fingerprint density at radius 3 is 2.93 bits per heavy atom. The molecule has 0 radical (unpaired) electrons. The summed E-state index contributed by atoms with van der Waals surface area (Å²) in [7, 11) is 0. The number of carbonyl (C=O) groups is 2. The van der Waals surface area contributed by atoms with Crippen molar-refractivity contribution >= 4 is 51.9 Å². The highest BCUT2D eigenvalue weighted by Gasteiger charge is 2.24. The minimum Gasteiger partial charge on any atom is -0.356 e. The maximum atomic E-state index is 12.3. The number of thioether (sulfide) groups is 1. The van der Waals surface area contributed by atoms with Gasteiger partial charge in [0.2, 0.25) is 11.8 Å². The Labute approximate surface area is 182 Å². The minimum absolute atomic E-state index is 0.0274. The van der Waals surface area contributed by atoms with Crippen molar-refractivity contribution < 1.29 is 9.59 Å². The normalized spacial score (nSPS) is 13.4. The molecular formula is C21H21N3O2S3. The van der Waals surface area contributed by atoms with Crippen LogP contribution in [0.1, 0.15) is 16.3 Å². The molecule has 150 valence electrons. The topological polar surface area (TPSA) is 62.3 Å². The number of carbonyl (C=O) groups excluding carboxylic acids is 2. The molecule has 1 aromatic carbocycles. The number of benzene rings is 1. The first kappa shape index (κ1) is 20.1. The molecule has 3 heterocycles. The third-order valence-corrected chi connectivity index (χ3v) is 7.59. The first-order valence-corrected chi connectivity index (χ1v) is 12.1. The van der Waals surface area contributed by atoms with E-state index in [0.717, 1.165) is 32.6 Å². The molecule has 1 aliphatic rings. The van der Waals surface area contributed by atoms with E-state index in [0.29, 0.717) is 25.3 Å². The van der Waals surface area contributed by atoms with Crippen LogP contribution >= 0.6 is 34.4 Å². The van der Waals surface area contributed by atoms with E-state index in [-0.39, 0.29) is 11.8 Å². The molecule has 2 amide bonds. The molecule has 2 aromatic heterocycles. The summed E-state index contributed by atoms with van der Waals surface area (Å²) < 4.78 is 0. The third kappa shape index (κ3) is 4.88. The molecule has 3 aromatic rings. The number of aryl methyl sites for hydroxylation is 1. The molecule has 0 spiro atoms. The summed E-state index contributed by atoms with van der Waals surface area (Å²) in [5.74, 6) is 0.461. The highest BCUT2D eigenvalue weighted by molar-refractivity contribution is 8.00. The number of rotatable bonds is 7. The molecule has 8 heteroatoms. The van der Waals surface area contributed by atoms with E-state index in [1.54, 1.807) is 39.3 Å². The van der Waals surface area contributed by atoms with Crippen LogP contribution in [0.2, 0.25) is 0 Å². The molecule has 4 rings (SSSR count). The van der Waals surface area contributed by atoms with Gasteiger partial charge >= 0.3 is 0 Å². The Hall–Kier alpha value is -2.16. The smallest absolute Gasteiger partial charge is 0.237 e. The molecule has 0 bridgehead atoms. The molecule has 0 saturated carbocycles. The van der Waals surface area contributed by atoms with Crippen LogP contribution in [0, 0.1) is 6.92 Å². The van der Waals surface area contributed by atoms with Crippen molar-refractivity contribution in [3.63, 3.8) is 0 Å².